The zero-order valence-corrected chi connectivity index (χ0v) is 9.62. The molecule has 16 heavy (non-hydrogen) atoms. The van der Waals surface area contributed by atoms with E-state index in [1.165, 1.54) is 6.20 Å². The van der Waals surface area contributed by atoms with Crippen LogP contribution in [0.15, 0.2) is 31.1 Å². The quantitative estimate of drug-likeness (QED) is 0.878. The molecule has 0 radical (unpaired) electrons. The number of carbonyl (C=O) groups excluding carboxylic acids is 1. The van der Waals surface area contributed by atoms with Crippen LogP contribution in [-0.2, 0) is 0 Å². The lowest BCUT2D eigenvalue weighted by molar-refractivity contribution is 0.0995. The van der Waals surface area contributed by atoms with Gasteiger partial charge in [-0.2, -0.15) is 0 Å². The van der Waals surface area contributed by atoms with Crippen molar-refractivity contribution < 1.29 is 4.79 Å². The van der Waals surface area contributed by atoms with Crippen LogP contribution >= 0.6 is 11.8 Å². The molecule has 5 heteroatoms. The fraction of sp³-hybridized carbons (Fsp3) is 0.0909. The van der Waals surface area contributed by atoms with Gasteiger partial charge < -0.3 is 5.73 Å². The van der Waals surface area contributed by atoms with E-state index < -0.39 is 5.91 Å². The second-order valence-corrected chi connectivity index (χ2v) is 4.18. The van der Waals surface area contributed by atoms with Gasteiger partial charge in [0.25, 0.3) is 5.91 Å². The number of aromatic nitrogens is 2. The molecule has 1 amide bonds. The Kier molecular flexibility index (Phi) is 2.70. The lowest BCUT2D eigenvalue weighted by Gasteiger charge is -2.04. The summed E-state index contributed by atoms with van der Waals surface area (Å²) in [6.45, 7) is 3.92. The van der Waals surface area contributed by atoms with Crippen molar-refractivity contribution in [1.29, 1.82) is 0 Å². The van der Waals surface area contributed by atoms with Gasteiger partial charge in [-0.05, 0) is 18.4 Å². The molecule has 2 aromatic heterocycles. The summed E-state index contributed by atoms with van der Waals surface area (Å²) < 4.78 is 1.68. The van der Waals surface area contributed by atoms with E-state index in [9.17, 15) is 4.79 Å². The third-order valence-electron chi connectivity index (χ3n) is 2.33. The van der Waals surface area contributed by atoms with E-state index in [4.69, 9.17) is 5.73 Å². The number of rotatable bonds is 3. The summed E-state index contributed by atoms with van der Waals surface area (Å²) in [5.41, 5.74) is 7.30. The normalized spacial score (nSPS) is 10.6. The number of primary amides is 1. The van der Waals surface area contributed by atoms with E-state index in [0.717, 1.165) is 10.5 Å². The Morgan fingerprint density at radius 2 is 2.31 bits per heavy atom. The van der Waals surface area contributed by atoms with Crippen LogP contribution in [0.25, 0.3) is 10.6 Å². The van der Waals surface area contributed by atoms with E-state index >= 15 is 0 Å². The van der Waals surface area contributed by atoms with Crippen molar-refractivity contribution in [2.45, 2.75) is 0 Å². The van der Waals surface area contributed by atoms with Crippen molar-refractivity contribution in [3.63, 3.8) is 0 Å². The number of fused-ring (bicyclic) bond motifs is 1. The van der Waals surface area contributed by atoms with Gasteiger partial charge in [0.05, 0.1) is 6.20 Å². The van der Waals surface area contributed by atoms with Crippen molar-refractivity contribution in [2.24, 2.45) is 5.73 Å². The number of hydrogen-bond acceptors (Lipinski definition) is 3. The van der Waals surface area contributed by atoms with E-state index in [1.807, 2.05) is 24.6 Å². The fourth-order valence-electron chi connectivity index (χ4n) is 1.45. The molecule has 0 aromatic carbocycles. The molecule has 0 aliphatic heterocycles. The Bertz CT molecular complexity index is 574. The summed E-state index contributed by atoms with van der Waals surface area (Å²) in [5.74, 6) is -0.487. The van der Waals surface area contributed by atoms with Gasteiger partial charge in [0.2, 0.25) is 0 Å². The van der Waals surface area contributed by atoms with Crippen molar-refractivity contribution in [3.05, 3.63) is 42.4 Å². The lowest BCUT2D eigenvalue weighted by atomic mass is 10.3. The van der Waals surface area contributed by atoms with Gasteiger partial charge in [0.15, 0.2) is 0 Å². The predicted octanol–water partition coefficient (Wildman–Crippen LogP) is 1.77. The highest BCUT2D eigenvalue weighted by Gasteiger charge is 2.09. The van der Waals surface area contributed by atoms with Crippen LogP contribution in [0.5, 0.6) is 0 Å². The third-order valence-corrected chi connectivity index (χ3v) is 3.05. The van der Waals surface area contributed by atoms with Crippen molar-refractivity contribution in [3.8, 4) is 0 Å². The molecule has 4 nitrogen and oxygen atoms in total. The van der Waals surface area contributed by atoms with E-state index in [0.29, 0.717) is 11.3 Å². The van der Waals surface area contributed by atoms with Gasteiger partial charge in [-0.25, -0.2) is 4.98 Å². The topological polar surface area (TPSA) is 60.4 Å². The summed E-state index contributed by atoms with van der Waals surface area (Å²) >= 11 is 1.56. The first-order valence-corrected chi connectivity index (χ1v) is 5.86. The standard InChI is InChI=1S/C11H11N3OS/c1-7(16-2)8-3-4-10-13-5-9(11(12)15)14(10)6-8/h3-6H,1H2,2H3,(H2,12,15). The molecule has 0 saturated heterocycles. The number of nitrogens with zero attached hydrogens (tertiary/aromatic N) is 2. The van der Waals surface area contributed by atoms with Crippen molar-refractivity contribution in [1.82, 2.24) is 9.38 Å². The molecule has 2 rings (SSSR count). The van der Waals surface area contributed by atoms with Gasteiger partial charge in [0, 0.05) is 16.7 Å². The van der Waals surface area contributed by atoms with Gasteiger partial charge in [-0.3, -0.25) is 9.20 Å². The largest absolute Gasteiger partial charge is 0.364 e. The number of hydrogen-bond donors (Lipinski definition) is 1. The molecule has 0 fully saturated rings. The van der Waals surface area contributed by atoms with Gasteiger partial charge in [-0.15, -0.1) is 11.8 Å². The summed E-state index contributed by atoms with van der Waals surface area (Å²) in [7, 11) is 0. The molecule has 2 N–H and O–H groups in total. The molecule has 82 valence electrons. The van der Waals surface area contributed by atoms with Crippen LogP contribution in [0.1, 0.15) is 16.1 Å². The zero-order valence-electron chi connectivity index (χ0n) is 8.80. The number of nitrogens with two attached hydrogens (primary N) is 1. The number of pyridine rings is 1. The minimum absolute atomic E-state index is 0.380. The van der Waals surface area contributed by atoms with E-state index in [-0.39, 0.29) is 0 Å². The summed E-state index contributed by atoms with van der Waals surface area (Å²) in [4.78, 5) is 16.2. The van der Waals surface area contributed by atoms with Crippen molar-refractivity contribution in [2.75, 3.05) is 6.26 Å². The number of thioether (sulfide) groups is 1. The molecular weight excluding hydrogens is 222 g/mol. The highest BCUT2D eigenvalue weighted by molar-refractivity contribution is 8.07. The van der Waals surface area contributed by atoms with Crippen LogP contribution in [-0.4, -0.2) is 21.5 Å². The number of carbonyl (C=O) groups is 1. The molecule has 0 bridgehead atoms. The number of amides is 1. The molecule has 0 atom stereocenters. The molecule has 0 unspecified atom stereocenters. The lowest BCUT2D eigenvalue weighted by Crippen LogP contribution is -2.13. The Morgan fingerprint density at radius 1 is 1.56 bits per heavy atom. The highest BCUT2D eigenvalue weighted by atomic mass is 32.2. The Hall–Kier alpha value is -1.75. The SMILES string of the molecule is C=C(SC)c1ccc2ncc(C(N)=O)n2c1. The van der Waals surface area contributed by atoms with Crippen LogP contribution in [0, 0.1) is 0 Å². The molecule has 0 spiro atoms. The van der Waals surface area contributed by atoms with Crippen molar-refractivity contribution >= 4 is 28.2 Å². The number of imidazole rings is 1. The monoisotopic (exact) mass is 233 g/mol. The van der Waals surface area contributed by atoms with Gasteiger partial charge >= 0.3 is 0 Å². The smallest absolute Gasteiger partial charge is 0.267 e. The average molecular weight is 233 g/mol. The zero-order chi connectivity index (χ0) is 11.7. The second kappa shape index (κ2) is 4.02. The predicted molar refractivity (Wildman–Crippen MR) is 66.3 cm³/mol. The Morgan fingerprint density at radius 3 is 2.94 bits per heavy atom. The van der Waals surface area contributed by atoms with Crippen LogP contribution in [0.2, 0.25) is 0 Å². The minimum Gasteiger partial charge on any atom is -0.364 e. The average Bonchev–Trinajstić information content (AvgIpc) is 2.70. The maximum absolute atomic E-state index is 11.2. The molecule has 0 aliphatic carbocycles. The second-order valence-electron chi connectivity index (χ2n) is 3.28. The third kappa shape index (κ3) is 1.69. The first-order chi connectivity index (χ1) is 7.63. The van der Waals surface area contributed by atoms with E-state index in [2.05, 4.69) is 11.6 Å². The van der Waals surface area contributed by atoms with Gasteiger partial charge in [0.1, 0.15) is 11.3 Å². The van der Waals surface area contributed by atoms with Gasteiger partial charge in [-0.1, -0.05) is 6.58 Å². The summed E-state index contributed by atoms with van der Waals surface area (Å²) in [6, 6.07) is 3.76. The summed E-state index contributed by atoms with van der Waals surface area (Å²) in [5, 5.41) is 0. The first-order valence-electron chi connectivity index (χ1n) is 4.63. The van der Waals surface area contributed by atoms with Crippen LogP contribution in [0.4, 0.5) is 0 Å². The summed E-state index contributed by atoms with van der Waals surface area (Å²) in [6.07, 6.45) is 5.25. The molecule has 0 aliphatic rings. The Labute approximate surface area is 97.2 Å². The Balaban J connectivity index is 2.63. The fourth-order valence-corrected chi connectivity index (χ4v) is 1.80. The van der Waals surface area contributed by atoms with Crippen LogP contribution in [0.3, 0.4) is 0 Å². The first kappa shape index (κ1) is 10.8. The highest BCUT2D eigenvalue weighted by Crippen LogP contribution is 2.23. The van der Waals surface area contributed by atoms with E-state index in [1.54, 1.807) is 16.2 Å². The molecule has 0 saturated carbocycles. The molecular formula is C11H11N3OS. The maximum atomic E-state index is 11.2. The maximum Gasteiger partial charge on any atom is 0.267 e. The van der Waals surface area contributed by atoms with Crippen LogP contribution < -0.4 is 5.73 Å². The minimum atomic E-state index is -0.487. The molecule has 2 aromatic rings. The molecule has 2 heterocycles.